The fourth-order valence-corrected chi connectivity index (χ4v) is 7.39. The molecule has 4 unspecified atom stereocenters. The summed E-state index contributed by atoms with van der Waals surface area (Å²) in [6, 6.07) is 33.6. The molecule has 56 heavy (non-hydrogen) atoms. The average Bonchev–Trinajstić information content (AvgIpc) is 3.91. The molecule has 0 saturated carbocycles. The topological polar surface area (TPSA) is 144 Å². The molecule has 6 rings (SSSR count). The maximum Gasteiger partial charge on any atom is 0.407 e. The molecule has 1 fully saturated rings. The third-order valence-electron chi connectivity index (χ3n) is 10.3. The highest BCUT2D eigenvalue weighted by Crippen LogP contribution is 2.29. The van der Waals surface area contributed by atoms with E-state index in [-0.39, 0.29) is 36.0 Å². The Balaban J connectivity index is 0.977. The van der Waals surface area contributed by atoms with Gasteiger partial charge in [-0.2, -0.15) is 0 Å². The van der Waals surface area contributed by atoms with Crippen LogP contribution in [0.5, 0.6) is 0 Å². The van der Waals surface area contributed by atoms with E-state index < -0.39 is 12.1 Å². The minimum atomic E-state index is -0.855. The van der Waals surface area contributed by atoms with E-state index in [4.69, 9.17) is 9.73 Å². The third-order valence-corrected chi connectivity index (χ3v) is 10.3. The number of hydrogen-bond donors (Lipinski definition) is 4. The maximum atomic E-state index is 13.9. The van der Waals surface area contributed by atoms with Crippen LogP contribution in [0.1, 0.15) is 60.9 Å². The van der Waals surface area contributed by atoms with Crippen LogP contribution in [-0.2, 0) is 19.1 Å². The second-order valence-electron chi connectivity index (χ2n) is 14.4. The minimum Gasteiger partial charge on any atom is -0.453 e. The number of amides is 4. The van der Waals surface area contributed by atoms with E-state index in [1.807, 2.05) is 109 Å². The van der Waals surface area contributed by atoms with Gasteiger partial charge in [-0.3, -0.25) is 29.6 Å². The smallest absolute Gasteiger partial charge is 0.407 e. The Morgan fingerprint density at radius 2 is 1.46 bits per heavy atom. The number of anilines is 1. The Labute approximate surface area is 328 Å². The van der Waals surface area contributed by atoms with Crippen LogP contribution < -0.4 is 21.3 Å². The van der Waals surface area contributed by atoms with E-state index >= 15 is 0 Å². The highest BCUT2D eigenvalue weighted by molar-refractivity contribution is 6.03. The number of rotatable bonds is 15. The van der Waals surface area contributed by atoms with Crippen LogP contribution in [0.15, 0.2) is 114 Å². The molecule has 0 bridgehead atoms. The first-order valence-electron chi connectivity index (χ1n) is 19.2. The Kier molecular flexibility index (Phi) is 13.6. The Hall–Kier alpha value is -5.85. The van der Waals surface area contributed by atoms with Crippen LogP contribution in [0.4, 0.5) is 10.5 Å². The molecule has 2 heterocycles. The third kappa shape index (κ3) is 10.1. The number of likely N-dealkylation sites (tertiary alicyclic amines) is 1. The molecule has 4 aromatic rings. The van der Waals surface area contributed by atoms with Crippen LogP contribution in [0.2, 0.25) is 0 Å². The molecule has 0 radical (unpaired) electrons. The summed E-state index contributed by atoms with van der Waals surface area (Å²) in [5, 5.41) is 12.2. The molecule has 1 saturated heterocycles. The van der Waals surface area contributed by atoms with Crippen molar-refractivity contribution in [3.05, 3.63) is 126 Å². The summed E-state index contributed by atoms with van der Waals surface area (Å²) in [7, 11) is 5.06. The number of ether oxygens (including phenoxy) is 1. The lowest BCUT2D eigenvalue weighted by molar-refractivity contribution is -0.134. The number of nitrogens with one attached hydrogen (secondary N) is 4. The summed E-state index contributed by atoms with van der Waals surface area (Å²) in [6.07, 6.45) is 2.48. The molecule has 4 aromatic carbocycles. The first kappa shape index (κ1) is 39.8. The molecule has 12 heteroatoms. The van der Waals surface area contributed by atoms with Gasteiger partial charge in [0, 0.05) is 31.7 Å². The SMILES string of the molecule is COC(=O)NC(C(=O)N1CCCC1C1N=C(c2ccc(-c3ccc(NC(=O)CCCCNC(=O)C(c4ccccc4)N(C)C)cc3)cc2)CN1)c1ccccc1. The maximum absolute atomic E-state index is 13.9. The molecule has 12 nitrogen and oxygen atoms in total. The van der Waals surface area contributed by atoms with Crippen LogP contribution in [0.25, 0.3) is 11.1 Å². The summed E-state index contributed by atoms with van der Waals surface area (Å²) < 4.78 is 4.82. The van der Waals surface area contributed by atoms with Gasteiger partial charge in [-0.05, 0) is 79.7 Å². The molecule has 2 aliphatic rings. The molecule has 4 atom stereocenters. The molecule has 4 amide bonds. The van der Waals surface area contributed by atoms with Crippen LogP contribution >= 0.6 is 0 Å². The number of carbonyl (C=O) groups excluding carboxylic acids is 4. The molecule has 0 aromatic heterocycles. The zero-order valence-electron chi connectivity index (χ0n) is 32.2. The number of likely N-dealkylation sites (N-methyl/N-ethyl adjacent to an activating group) is 1. The quantitative estimate of drug-likeness (QED) is 0.114. The predicted octanol–water partition coefficient (Wildman–Crippen LogP) is 5.69. The molecule has 0 spiro atoms. The fourth-order valence-electron chi connectivity index (χ4n) is 7.39. The second-order valence-corrected chi connectivity index (χ2v) is 14.4. The van der Waals surface area contributed by atoms with Gasteiger partial charge >= 0.3 is 6.09 Å². The number of methoxy groups -OCH3 is 1. The van der Waals surface area contributed by atoms with E-state index in [0.717, 1.165) is 46.5 Å². The van der Waals surface area contributed by atoms with E-state index in [0.29, 0.717) is 44.5 Å². The van der Waals surface area contributed by atoms with Crippen molar-refractivity contribution in [3.63, 3.8) is 0 Å². The summed E-state index contributed by atoms with van der Waals surface area (Å²) in [5.41, 5.74) is 6.37. The van der Waals surface area contributed by atoms with Gasteiger partial charge in [-0.25, -0.2) is 4.79 Å². The van der Waals surface area contributed by atoms with Crippen molar-refractivity contribution >= 4 is 35.2 Å². The van der Waals surface area contributed by atoms with E-state index in [2.05, 4.69) is 45.5 Å². The summed E-state index contributed by atoms with van der Waals surface area (Å²) >= 11 is 0. The van der Waals surface area contributed by atoms with Gasteiger partial charge in [0.1, 0.15) is 18.2 Å². The van der Waals surface area contributed by atoms with Crippen molar-refractivity contribution in [3.8, 4) is 11.1 Å². The van der Waals surface area contributed by atoms with Gasteiger partial charge in [-0.15, -0.1) is 0 Å². The molecule has 2 aliphatic heterocycles. The molecule has 292 valence electrons. The van der Waals surface area contributed by atoms with E-state index in [1.165, 1.54) is 7.11 Å². The second kappa shape index (κ2) is 19.1. The van der Waals surface area contributed by atoms with Crippen LogP contribution in [0.3, 0.4) is 0 Å². The lowest BCUT2D eigenvalue weighted by Crippen LogP contribution is -2.50. The van der Waals surface area contributed by atoms with Gasteiger partial charge in [-0.1, -0.05) is 97.1 Å². The number of aliphatic imine (C=N–C) groups is 1. The normalized spacial score (nSPS) is 17.5. The van der Waals surface area contributed by atoms with Crippen LogP contribution in [-0.4, -0.2) is 92.4 Å². The monoisotopic (exact) mass is 757 g/mol. The van der Waals surface area contributed by atoms with Crippen molar-refractivity contribution in [2.45, 2.75) is 56.4 Å². The van der Waals surface area contributed by atoms with Crippen molar-refractivity contribution in [2.24, 2.45) is 4.99 Å². The van der Waals surface area contributed by atoms with Crippen LogP contribution in [0, 0.1) is 0 Å². The fraction of sp³-hybridized carbons (Fsp3) is 0.341. The zero-order valence-corrected chi connectivity index (χ0v) is 32.2. The van der Waals surface area contributed by atoms with Gasteiger partial charge in [0.05, 0.1) is 18.9 Å². The van der Waals surface area contributed by atoms with E-state index in [9.17, 15) is 19.2 Å². The van der Waals surface area contributed by atoms with Gasteiger partial charge in [0.2, 0.25) is 17.7 Å². The average molecular weight is 758 g/mol. The molecule has 0 aliphatic carbocycles. The lowest BCUT2D eigenvalue weighted by atomic mass is 10.0. The Morgan fingerprint density at radius 1 is 0.839 bits per heavy atom. The van der Waals surface area contributed by atoms with Gasteiger partial charge in [0.25, 0.3) is 0 Å². The number of nitrogens with zero attached hydrogens (tertiary/aromatic N) is 3. The summed E-state index contributed by atoms with van der Waals surface area (Å²) in [6.45, 7) is 1.68. The minimum absolute atomic E-state index is 0.0509. The number of carbonyl (C=O) groups is 4. The summed E-state index contributed by atoms with van der Waals surface area (Å²) in [5.74, 6) is -0.294. The first-order valence-corrected chi connectivity index (χ1v) is 19.2. The molecular formula is C44H51N7O5. The zero-order chi connectivity index (χ0) is 39.4. The van der Waals surface area contributed by atoms with Crippen molar-refractivity contribution in [2.75, 3.05) is 46.2 Å². The van der Waals surface area contributed by atoms with Crippen molar-refractivity contribution in [1.29, 1.82) is 0 Å². The highest BCUT2D eigenvalue weighted by Gasteiger charge is 2.40. The number of alkyl carbamates (subject to hydrolysis) is 1. The summed E-state index contributed by atoms with van der Waals surface area (Å²) in [4.78, 5) is 60.3. The number of benzene rings is 4. The first-order chi connectivity index (χ1) is 27.2. The lowest BCUT2D eigenvalue weighted by Gasteiger charge is -2.31. The Morgan fingerprint density at radius 3 is 2.11 bits per heavy atom. The van der Waals surface area contributed by atoms with Gasteiger partial charge in [0.15, 0.2) is 0 Å². The molecular weight excluding hydrogens is 707 g/mol. The number of unbranched alkanes of at least 4 members (excludes halogenated alkanes) is 1. The van der Waals surface area contributed by atoms with E-state index in [1.54, 1.807) is 0 Å². The largest absolute Gasteiger partial charge is 0.453 e. The van der Waals surface area contributed by atoms with Gasteiger partial charge < -0.3 is 25.6 Å². The highest BCUT2D eigenvalue weighted by atomic mass is 16.5. The Bertz CT molecular complexity index is 1970. The predicted molar refractivity (Wildman–Crippen MR) is 218 cm³/mol. The number of hydrogen-bond acceptors (Lipinski definition) is 8. The van der Waals surface area contributed by atoms with Crippen molar-refractivity contribution < 1.29 is 23.9 Å². The standard InChI is InChI=1S/C44H51N7O5/c1-50(2)40(34-15-8-5-9-16-34)42(53)45-27-11-10-18-38(52)47-35-25-23-31(24-26-35)30-19-21-32(22-20-30)36-29-46-41(48-36)37-17-12-28-51(37)43(54)39(49-44(55)56-3)33-13-6-4-7-14-33/h4-9,13-16,19-26,37,39-41,46H,10-12,17-18,27-29H2,1-3H3,(H,45,53)(H,47,52)(H,49,55). The molecule has 4 N–H and O–H groups in total. The van der Waals surface area contributed by atoms with Crippen molar-refractivity contribution in [1.82, 2.24) is 25.8 Å².